The first kappa shape index (κ1) is 28.0. The summed E-state index contributed by atoms with van der Waals surface area (Å²) in [5.41, 5.74) is 1.46. The highest BCUT2D eigenvalue weighted by Crippen LogP contribution is 2.27. The van der Waals surface area contributed by atoms with E-state index in [1.54, 1.807) is 6.92 Å². The molecule has 1 atom stereocenters. The van der Waals surface area contributed by atoms with Crippen LogP contribution >= 0.6 is 23.2 Å². The summed E-state index contributed by atoms with van der Waals surface area (Å²) in [7, 11) is -3.87. The Hall–Kier alpha value is -2.29. The Morgan fingerprint density at radius 3 is 2.12 bits per heavy atom. The van der Waals surface area contributed by atoms with Crippen LogP contribution in [0.4, 0.5) is 5.69 Å². The fourth-order valence-electron chi connectivity index (χ4n) is 3.32. The van der Waals surface area contributed by atoms with Gasteiger partial charge in [-0.15, -0.1) is 0 Å². The monoisotopic (exact) mass is 527 g/mol. The van der Waals surface area contributed by atoms with Gasteiger partial charge < -0.3 is 10.2 Å². The first-order valence-electron chi connectivity index (χ1n) is 10.7. The lowest BCUT2D eigenvalue weighted by Crippen LogP contribution is -2.54. The largest absolute Gasteiger partial charge is 0.350 e. The number of hydrogen-bond donors (Lipinski definition) is 1. The third-order valence-electron chi connectivity index (χ3n) is 5.08. The first-order chi connectivity index (χ1) is 15.6. The molecule has 0 aromatic heterocycles. The number of anilines is 1. The van der Waals surface area contributed by atoms with E-state index in [2.05, 4.69) is 5.32 Å². The Morgan fingerprint density at radius 1 is 1.06 bits per heavy atom. The topological polar surface area (TPSA) is 86.8 Å². The Morgan fingerprint density at radius 2 is 1.62 bits per heavy atom. The number of carbonyl (C=O) groups is 2. The number of nitrogens with zero attached hydrogens (tertiary/aromatic N) is 2. The van der Waals surface area contributed by atoms with Crippen molar-refractivity contribution in [1.82, 2.24) is 10.2 Å². The van der Waals surface area contributed by atoms with Crippen LogP contribution < -0.4 is 9.62 Å². The SMILES string of the molecule is Cc1ccccc1CN(C(=O)CN(c1cc(Cl)cc(Cl)c1)S(C)(=O)=O)[C@@H](C)C(=O)NC(C)(C)C. The Balaban J connectivity index is 2.45. The fourth-order valence-corrected chi connectivity index (χ4v) is 4.67. The van der Waals surface area contributed by atoms with Gasteiger partial charge >= 0.3 is 0 Å². The quantitative estimate of drug-likeness (QED) is 0.551. The number of sulfonamides is 1. The summed E-state index contributed by atoms with van der Waals surface area (Å²) >= 11 is 12.1. The third kappa shape index (κ3) is 7.89. The van der Waals surface area contributed by atoms with Crippen molar-refractivity contribution < 1.29 is 18.0 Å². The van der Waals surface area contributed by atoms with Gasteiger partial charge in [-0.25, -0.2) is 8.42 Å². The molecule has 0 heterocycles. The van der Waals surface area contributed by atoms with Crippen LogP contribution in [0.2, 0.25) is 10.0 Å². The fraction of sp³-hybridized carbons (Fsp3) is 0.417. The molecule has 0 fully saturated rings. The van der Waals surface area contributed by atoms with Crippen molar-refractivity contribution in [2.24, 2.45) is 0 Å². The molecule has 10 heteroatoms. The van der Waals surface area contributed by atoms with Crippen LogP contribution in [0.1, 0.15) is 38.8 Å². The number of benzene rings is 2. The van der Waals surface area contributed by atoms with Crippen LogP contribution in [-0.2, 0) is 26.2 Å². The van der Waals surface area contributed by atoms with E-state index in [1.807, 2.05) is 52.0 Å². The maximum absolute atomic E-state index is 13.5. The number of hydrogen-bond acceptors (Lipinski definition) is 4. The molecular weight excluding hydrogens is 497 g/mol. The Kier molecular flexibility index (Phi) is 9.02. The molecule has 1 N–H and O–H groups in total. The van der Waals surface area contributed by atoms with E-state index in [9.17, 15) is 18.0 Å². The highest BCUT2D eigenvalue weighted by Gasteiger charge is 2.31. The summed E-state index contributed by atoms with van der Waals surface area (Å²) in [5.74, 6) is -0.882. The molecule has 186 valence electrons. The van der Waals surface area contributed by atoms with Gasteiger partial charge in [0, 0.05) is 22.1 Å². The van der Waals surface area contributed by atoms with E-state index in [1.165, 1.54) is 23.1 Å². The molecule has 0 unspecified atom stereocenters. The molecule has 0 bridgehead atoms. The molecule has 0 aliphatic rings. The number of carbonyl (C=O) groups excluding carboxylic acids is 2. The Labute approximate surface area is 212 Å². The van der Waals surface area contributed by atoms with Crippen LogP contribution in [0.5, 0.6) is 0 Å². The van der Waals surface area contributed by atoms with Crippen molar-refractivity contribution >= 4 is 50.7 Å². The van der Waals surface area contributed by atoms with Crippen LogP contribution in [0, 0.1) is 6.92 Å². The molecule has 0 saturated heterocycles. The summed E-state index contributed by atoms with van der Waals surface area (Å²) in [6.07, 6.45) is 0.997. The van der Waals surface area contributed by atoms with Gasteiger partial charge in [-0.3, -0.25) is 13.9 Å². The number of halogens is 2. The van der Waals surface area contributed by atoms with Crippen molar-refractivity contribution in [3.8, 4) is 0 Å². The predicted molar refractivity (Wildman–Crippen MR) is 138 cm³/mol. The Bertz CT molecular complexity index is 1140. The van der Waals surface area contributed by atoms with Gasteiger partial charge in [-0.2, -0.15) is 0 Å². The van der Waals surface area contributed by atoms with Crippen molar-refractivity contribution in [2.45, 2.75) is 52.7 Å². The summed E-state index contributed by atoms with van der Waals surface area (Å²) in [6, 6.07) is 11.0. The standard InChI is InChI=1S/C24H31Cl2N3O4S/c1-16-9-7-8-10-18(16)14-28(17(2)23(31)27-24(3,4)5)22(30)15-29(34(6,32)33)21-12-19(25)11-20(26)13-21/h7-13,17H,14-15H2,1-6H3,(H,27,31)/t17-/m0/s1. The van der Waals surface area contributed by atoms with Gasteiger partial charge in [0.15, 0.2) is 0 Å². The molecule has 2 aromatic carbocycles. The van der Waals surface area contributed by atoms with Crippen molar-refractivity contribution in [1.29, 1.82) is 0 Å². The molecule has 0 spiro atoms. The van der Waals surface area contributed by atoms with Crippen LogP contribution in [-0.4, -0.2) is 49.5 Å². The molecule has 0 saturated carbocycles. The van der Waals surface area contributed by atoms with E-state index in [-0.39, 0.29) is 28.2 Å². The minimum absolute atomic E-state index is 0.137. The third-order valence-corrected chi connectivity index (χ3v) is 6.66. The van der Waals surface area contributed by atoms with Gasteiger partial charge in [-0.05, 0) is 63.9 Å². The van der Waals surface area contributed by atoms with Gasteiger partial charge in [0.2, 0.25) is 21.8 Å². The van der Waals surface area contributed by atoms with Gasteiger partial charge in [0.05, 0.1) is 11.9 Å². The van der Waals surface area contributed by atoms with Gasteiger partial charge in [0.1, 0.15) is 12.6 Å². The zero-order chi connectivity index (χ0) is 25.8. The van der Waals surface area contributed by atoms with Crippen molar-refractivity contribution in [3.05, 3.63) is 63.6 Å². The molecule has 7 nitrogen and oxygen atoms in total. The lowest BCUT2D eigenvalue weighted by atomic mass is 10.1. The maximum atomic E-state index is 13.5. The van der Waals surface area contributed by atoms with Crippen LogP contribution in [0.25, 0.3) is 0 Å². The molecular formula is C24H31Cl2N3O4S. The number of nitrogens with one attached hydrogen (secondary N) is 1. The molecule has 2 amide bonds. The van der Waals surface area contributed by atoms with Crippen molar-refractivity contribution in [2.75, 3.05) is 17.1 Å². The highest BCUT2D eigenvalue weighted by atomic mass is 35.5. The second-order valence-electron chi connectivity index (χ2n) is 9.26. The second-order valence-corrected chi connectivity index (χ2v) is 12.0. The number of amides is 2. The zero-order valence-corrected chi connectivity index (χ0v) is 22.6. The van der Waals surface area contributed by atoms with Crippen molar-refractivity contribution in [3.63, 3.8) is 0 Å². The minimum atomic E-state index is -3.87. The van der Waals surface area contributed by atoms with Crippen LogP contribution in [0.15, 0.2) is 42.5 Å². The lowest BCUT2D eigenvalue weighted by molar-refractivity contribution is -0.140. The normalized spacial score (nSPS) is 12.7. The van der Waals surface area contributed by atoms with E-state index in [4.69, 9.17) is 23.2 Å². The van der Waals surface area contributed by atoms with E-state index in [0.717, 1.165) is 21.7 Å². The number of aryl methyl sites for hydroxylation is 1. The number of rotatable bonds is 8. The maximum Gasteiger partial charge on any atom is 0.244 e. The predicted octanol–water partition coefficient (Wildman–Crippen LogP) is 4.40. The average molecular weight is 529 g/mol. The van der Waals surface area contributed by atoms with Gasteiger partial charge in [0.25, 0.3) is 0 Å². The molecule has 0 aliphatic heterocycles. The molecule has 34 heavy (non-hydrogen) atoms. The van der Waals surface area contributed by atoms with Gasteiger partial charge in [-0.1, -0.05) is 47.5 Å². The smallest absolute Gasteiger partial charge is 0.244 e. The summed E-state index contributed by atoms with van der Waals surface area (Å²) in [4.78, 5) is 27.9. The molecule has 2 rings (SSSR count). The lowest BCUT2D eigenvalue weighted by Gasteiger charge is -2.33. The summed E-state index contributed by atoms with van der Waals surface area (Å²) in [6.45, 7) is 8.69. The average Bonchev–Trinajstić information content (AvgIpc) is 2.67. The molecule has 0 radical (unpaired) electrons. The second kappa shape index (κ2) is 11.0. The summed E-state index contributed by atoms with van der Waals surface area (Å²) < 4.78 is 26.1. The minimum Gasteiger partial charge on any atom is -0.350 e. The highest BCUT2D eigenvalue weighted by molar-refractivity contribution is 7.92. The first-order valence-corrected chi connectivity index (χ1v) is 13.3. The van der Waals surface area contributed by atoms with E-state index >= 15 is 0 Å². The van der Waals surface area contributed by atoms with Crippen LogP contribution in [0.3, 0.4) is 0 Å². The molecule has 2 aromatic rings. The summed E-state index contributed by atoms with van der Waals surface area (Å²) in [5, 5.41) is 3.35. The van der Waals surface area contributed by atoms with E-state index < -0.39 is 34.1 Å². The zero-order valence-electron chi connectivity index (χ0n) is 20.2. The van der Waals surface area contributed by atoms with E-state index in [0.29, 0.717) is 0 Å². The molecule has 0 aliphatic carbocycles.